The first kappa shape index (κ1) is 26.4. The van der Waals surface area contributed by atoms with E-state index in [9.17, 15) is 14.7 Å². The summed E-state index contributed by atoms with van der Waals surface area (Å²) < 4.78 is 6.12. The van der Waals surface area contributed by atoms with Gasteiger partial charge < -0.3 is 9.84 Å². The molecular weight excluding hydrogens is 539 g/mol. The number of pyridine rings is 1. The van der Waals surface area contributed by atoms with Crippen LogP contribution in [0.3, 0.4) is 0 Å². The zero-order valence-electron chi connectivity index (χ0n) is 19.4. The predicted molar refractivity (Wildman–Crippen MR) is 148 cm³/mol. The summed E-state index contributed by atoms with van der Waals surface area (Å²) in [6, 6.07) is 13.7. The van der Waals surface area contributed by atoms with Gasteiger partial charge in [-0.25, -0.2) is 9.78 Å². The number of nitrogens with zero attached hydrogens (tertiary/aromatic N) is 2. The minimum atomic E-state index is -1.09. The molecule has 2 aromatic carbocycles. The monoisotopic (exact) mass is 560 g/mol. The number of benzene rings is 2. The van der Waals surface area contributed by atoms with Crippen LogP contribution in [0.2, 0.25) is 10.2 Å². The van der Waals surface area contributed by atoms with Crippen molar-refractivity contribution in [2.45, 2.75) is 32.9 Å². The average molecular weight is 562 g/mol. The first-order valence-electron chi connectivity index (χ1n) is 11.1. The van der Waals surface area contributed by atoms with Crippen LogP contribution in [-0.4, -0.2) is 37.2 Å². The van der Waals surface area contributed by atoms with E-state index in [1.54, 1.807) is 25.1 Å². The van der Waals surface area contributed by atoms with Crippen LogP contribution in [0.4, 0.5) is 0 Å². The fourth-order valence-electron chi connectivity index (χ4n) is 3.82. The smallest absolute Gasteiger partial charge is 0.327 e. The molecule has 2 atom stereocenters. The van der Waals surface area contributed by atoms with Crippen molar-refractivity contribution in [3.05, 3.63) is 74.7 Å². The number of ether oxygens (including phenoxy) is 1. The molecule has 0 spiro atoms. The lowest BCUT2D eigenvalue weighted by Crippen LogP contribution is -2.47. The first-order chi connectivity index (χ1) is 17.2. The highest BCUT2D eigenvalue weighted by Crippen LogP contribution is 2.37. The third kappa shape index (κ3) is 5.67. The number of halogens is 2. The third-order valence-corrected chi connectivity index (χ3v) is 7.75. The third-order valence-electron chi connectivity index (χ3n) is 5.89. The maximum absolute atomic E-state index is 13.2. The van der Waals surface area contributed by atoms with Gasteiger partial charge in [0.15, 0.2) is 0 Å². The number of carboxylic acid groups (broad SMARTS) is 1. The summed E-state index contributed by atoms with van der Waals surface area (Å²) in [7, 11) is 0. The fraction of sp³-hybridized carbons (Fsp3) is 0.231. The van der Waals surface area contributed by atoms with E-state index in [-0.39, 0.29) is 15.4 Å². The van der Waals surface area contributed by atoms with E-state index >= 15 is 0 Å². The molecule has 1 fully saturated rings. The molecule has 3 aromatic rings. The Morgan fingerprint density at radius 2 is 2.03 bits per heavy atom. The Bertz CT molecular complexity index is 1400. The van der Waals surface area contributed by atoms with Crippen molar-refractivity contribution >= 4 is 80.4 Å². The van der Waals surface area contributed by atoms with Crippen LogP contribution in [0.5, 0.6) is 5.75 Å². The summed E-state index contributed by atoms with van der Waals surface area (Å²) in [4.78, 5) is 31.0. The van der Waals surface area contributed by atoms with Crippen LogP contribution in [0.15, 0.2) is 53.4 Å². The van der Waals surface area contributed by atoms with E-state index in [0.29, 0.717) is 39.8 Å². The van der Waals surface area contributed by atoms with Gasteiger partial charge in [0.05, 0.1) is 10.4 Å². The lowest BCUT2D eigenvalue weighted by Gasteiger charge is -2.27. The number of fused-ring (bicyclic) bond motifs is 1. The van der Waals surface area contributed by atoms with E-state index in [2.05, 4.69) is 4.98 Å². The summed E-state index contributed by atoms with van der Waals surface area (Å²) in [5, 5.41) is 11.4. The van der Waals surface area contributed by atoms with Crippen molar-refractivity contribution in [3.8, 4) is 5.75 Å². The number of rotatable bonds is 8. The van der Waals surface area contributed by atoms with E-state index in [4.69, 9.17) is 40.2 Å². The van der Waals surface area contributed by atoms with Gasteiger partial charge in [0, 0.05) is 16.0 Å². The van der Waals surface area contributed by atoms with Gasteiger partial charge in [-0.05, 0) is 54.0 Å². The summed E-state index contributed by atoms with van der Waals surface area (Å²) in [5.74, 6) is -1.16. The molecule has 1 amide bonds. The van der Waals surface area contributed by atoms with Crippen molar-refractivity contribution in [2.75, 3.05) is 0 Å². The van der Waals surface area contributed by atoms with Crippen LogP contribution in [0.25, 0.3) is 17.0 Å². The molecule has 10 heteroatoms. The highest BCUT2D eigenvalue weighted by Gasteiger charge is 2.42. The van der Waals surface area contributed by atoms with Crippen LogP contribution >= 0.6 is 47.2 Å². The summed E-state index contributed by atoms with van der Waals surface area (Å²) in [6.07, 6.45) is 2.19. The van der Waals surface area contributed by atoms with Gasteiger partial charge in [0.25, 0.3) is 5.91 Å². The first-order valence-corrected chi connectivity index (χ1v) is 13.1. The highest BCUT2D eigenvalue weighted by molar-refractivity contribution is 8.26. The second-order valence-corrected chi connectivity index (χ2v) is 10.8. The topological polar surface area (TPSA) is 79.7 Å². The standard InChI is InChI=1S/C26H22Cl2N2O4S2/c1-3-14(2)22(25(32)33)30-24(31)21(36-26(30)35)12-17-10-16-11-19(7-8-20(16)29-23(17)28)34-13-15-5-4-6-18(27)9-15/h4-12,14,22H,3,13H2,1-2H3,(H,32,33)/b21-12-/t14?,22-/m0/s1. The molecule has 1 aliphatic heterocycles. The van der Waals surface area contributed by atoms with Gasteiger partial charge in [-0.2, -0.15) is 0 Å². The van der Waals surface area contributed by atoms with Crippen molar-refractivity contribution < 1.29 is 19.4 Å². The molecule has 1 N–H and O–H groups in total. The molecule has 1 saturated heterocycles. The van der Waals surface area contributed by atoms with E-state index in [1.165, 1.54) is 4.90 Å². The number of aromatic nitrogens is 1. The Labute approximate surface area is 228 Å². The maximum atomic E-state index is 13.2. The van der Waals surface area contributed by atoms with E-state index in [1.807, 2.05) is 43.3 Å². The molecule has 186 valence electrons. The van der Waals surface area contributed by atoms with Gasteiger partial charge in [0.2, 0.25) is 0 Å². The molecule has 1 unspecified atom stereocenters. The molecule has 6 nitrogen and oxygen atoms in total. The van der Waals surface area contributed by atoms with Crippen molar-refractivity contribution in [1.82, 2.24) is 9.88 Å². The number of aliphatic carboxylic acids is 1. The maximum Gasteiger partial charge on any atom is 0.327 e. The molecule has 4 rings (SSSR count). The number of amides is 1. The van der Waals surface area contributed by atoms with Gasteiger partial charge >= 0.3 is 5.97 Å². The Morgan fingerprint density at radius 3 is 2.72 bits per heavy atom. The van der Waals surface area contributed by atoms with E-state index in [0.717, 1.165) is 22.7 Å². The number of hydrogen-bond acceptors (Lipinski definition) is 6. The van der Waals surface area contributed by atoms with Crippen LogP contribution in [0.1, 0.15) is 31.4 Å². The van der Waals surface area contributed by atoms with Gasteiger partial charge in [-0.15, -0.1) is 0 Å². The molecule has 1 aliphatic rings. The molecule has 0 aliphatic carbocycles. The van der Waals surface area contributed by atoms with Crippen LogP contribution < -0.4 is 4.74 Å². The number of thiocarbonyl (C=S) groups is 1. The molecular formula is C26H22Cl2N2O4S2. The largest absolute Gasteiger partial charge is 0.489 e. The van der Waals surface area contributed by atoms with Crippen LogP contribution in [0, 0.1) is 5.92 Å². The minimum absolute atomic E-state index is 0.209. The number of thioether (sulfide) groups is 1. The zero-order valence-corrected chi connectivity index (χ0v) is 22.5. The van der Waals surface area contributed by atoms with Crippen LogP contribution in [-0.2, 0) is 16.2 Å². The highest BCUT2D eigenvalue weighted by atomic mass is 35.5. The molecule has 1 aromatic heterocycles. The lowest BCUT2D eigenvalue weighted by atomic mass is 9.98. The second-order valence-electron chi connectivity index (χ2n) is 8.36. The predicted octanol–water partition coefficient (Wildman–Crippen LogP) is 6.82. The fourth-order valence-corrected chi connectivity index (χ4v) is 5.56. The number of hydrogen-bond donors (Lipinski definition) is 1. The summed E-state index contributed by atoms with van der Waals surface area (Å²) in [5.41, 5.74) is 2.13. The minimum Gasteiger partial charge on any atom is -0.489 e. The van der Waals surface area contributed by atoms with Crippen molar-refractivity contribution in [2.24, 2.45) is 5.92 Å². The van der Waals surface area contributed by atoms with Gasteiger partial charge in [0.1, 0.15) is 27.9 Å². The Morgan fingerprint density at radius 1 is 1.25 bits per heavy atom. The lowest BCUT2D eigenvalue weighted by molar-refractivity contribution is -0.147. The second kappa shape index (κ2) is 11.2. The molecule has 0 radical (unpaired) electrons. The summed E-state index contributed by atoms with van der Waals surface area (Å²) in [6.45, 7) is 4.02. The molecule has 0 saturated carbocycles. The zero-order chi connectivity index (χ0) is 26.0. The average Bonchev–Trinajstić information content (AvgIpc) is 3.11. The number of carboxylic acids is 1. The van der Waals surface area contributed by atoms with Gasteiger partial charge in [-0.1, -0.05) is 79.6 Å². The Hall–Kier alpha value is -2.65. The molecule has 2 heterocycles. The van der Waals surface area contributed by atoms with Crippen molar-refractivity contribution in [1.29, 1.82) is 0 Å². The molecule has 0 bridgehead atoms. The SMILES string of the molecule is CCC(C)[C@@H](C(=O)O)N1C(=O)/C(=C/c2cc3cc(OCc4cccc(Cl)c4)ccc3nc2Cl)SC1=S. The summed E-state index contributed by atoms with van der Waals surface area (Å²) >= 11 is 18.9. The number of carbonyl (C=O) groups is 2. The van der Waals surface area contributed by atoms with E-state index < -0.39 is 17.9 Å². The number of carbonyl (C=O) groups excluding carboxylic acids is 1. The molecule has 36 heavy (non-hydrogen) atoms. The van der Waals surface area contributed by atoms with Gasteiger partial charge in [-0.3, -0.25) is 9.69 Å². The normalized spacial score (nSPS) is 16.6. The van der Waals surface area contributed by atoms with Crippen molar-refractivity contribution in [3.63, 3.8) is 0 Å². The Balaban J connectivity index is 1.61. The Kier molecular flexibility index (Phi) is 8.20. The quantitative estimate of drug-likeness (QED) is 0.184.